The van der Waals surface area contributed by atoms with Gasteiger partial charge in [-0.1, -0.05) is 30.1 Å². The molecule has 2 fully saturated rings. The fourth-order valence-electron chi connectivity index (χ4n) is 5.06. The molecular formula is C26H25N5O4S2. The van der Waals surface area contributed by atoms with Crippen LogP contribution in [0.1, 0.15) is 31.1 Å². The first-order chi connectivity index (χ1) is 18.0. The fourth-order valence-corrected chi connectivity index (χ4v) is 7.62. The Morgan fingerprint density at radius 3 is 2.68 bits per heavy atom. The summed E-state index contributed by atoms with van der Waals surface area (Å²) >= 11 is 1.95. The number of hydrogen-bond donors (Lipinski definition) is 1. The van der Waals surface area contributed by atoms with Crippen LogP contribution < -0.4 is 0 Å². The molecule has 1 unspecified atom stereocenters. The smallest absolute Gasteiger partial charge is 0.269 e. The maximum atomic E-state index is 13.5. The van der Waals surface area contributed by atoms with Gasteiger partial charge in [0.25, 0.3) is 10.0 Å². The number of benzene rings is 1. The predicted octanol–water partition coefficient (Wildman–Crippen LogP) is 4.43. The van der Waals surface area contributed by atoms with Crippen LogP contribution in [0.4, 0.5) is 0 Å². The molecule has 1 aromatic carbocycles. The highest BCUT2D eigenvalue weighted by atomic mass is 32.2. The minimum Gasteiger partial charge on any atom is -0.455 e. The summed E-state index contributed by atoms with van der Waals surface area (Å²) in [5.74, 6) is 1.69. The maximum absolute atomic E-state index is 13.5. The van der Waals surface area contributed by atoms with Crippen LogP contribution in [-0.4, -0.2) is 54.7 Å². The van der Waals surface area contributed by atoms with E-state index in [0.717, 1.165) is 35.7 Å². The minimum atomic E-state index is -3.82. The molecule has 0 amide bonds. The Morgan fingerprint density at radius 2 is 1.92 bits per heavy atom. The predicted molar refractivity (Wildman–Crippen MR) is 142 cm³/mol. The van der Waals surface area contributed by atoms with E-state index in [0.29, 0.717) is 28.5 Å². The van der Waals surface area contributed by atoms with Crippen LogP contribution in [0, 0.1) is 0 Å². The number of fused-ring (bicyclic) bond motifs is 3. The molecule has 0 spiro atoms. The Bertz CT molecular complexity index is 1720. The van der Waals surface area contributed by atoms with Gasteiger partial charge in [-0.2, -0.15) is 0 Å². The first-order valence-electron chi connectivity index (χ1n) is 12.3. The molecule has 1 aliphatic carbocycles. The van der Waals surface area contributed by atoms with Crippen molar-refractivity contribution in [2.45, 2.75) is 42.1 Å². The van der Waals surface area contributed by atoms with Crippen molar-refractivity contribution in [3.05, 3.63) is 66.7 Å². The maximum Gasteiger partial charge on any atom is 0.269 e. The topological polar surface area (TPSA) is 106 Å². The lowest BCUT2D eigenvalue weighted by Crippen LogP contribution is -2.16. The molecule has 4 aromatic heterocycles. The number of furan rings is 1. The summed E-state index contributed by atoms with van der Waals surface area (Å²) in [6.45, 7) is 1.64. The molecule has 1 saturated heterocycles. The standard InChI is InChI=1S/C26H25N5O4S2/c32-16-18-6-9-23(35-18)26-28-22-14-27-25-21(11-13-30(25)37(33,34)20-4-2-1-3-5-20)24(22)31(26)17-10-12-29(15-17)36-19-7-8-19/h1-6,9,11,13-14,17,19,32H,7-8,10,12,15-16H2. The highest BCUT2D eigenvalue weighted by molar-refractivity contribution is 7.97. The van der Waals surface area contributed by atoms with Crippen molar-refractivity contribution in [3.8, 4) is 11.6 Å². The van der Waals surface area contributed by atoms with Crippen LogP contribution in [0.2, 0.25) is 0 Å². The fraction of sp³-hybridized carbons (Fsp3) is 0.308. The molecule has 5 aromatic rings. The van der Waals surface area contributed by atoms with Crippen LogP contribution in [0.25, 0.3) is 33.7 Å². The average Bonchev–Trinajstić information content (AvgIpc) is 3.33. The van der Waals surface area contributed by atoms with Gasteiger partial charge < -0.3 is 14.1 Å². The molecule has 37 heavy (non-hydrogen) atoms. The van der Waals surface area contributed by atoms with Crippen LogP contribution in [0.3, 0.4) is 0 Å². The Labute approximate surface area is 217 Å². The van der Waals surface area contributed by atoms with Crippen molar-refractivity contribution < 1.29 is 17.9 Å². The molecule has 7 rings (SSSR count). The van der Waals surface area contributed by atoms with Crippen molar-refractivity contribution in [1.82, 2.24) is 22.8 Å². The Balaban J connectivity index is 1.41. The van der Waals surface area contributed by atoms with Crippen LogP contribution >= 0.6 is 11.9 Å². The van der Waals surface area contributed by atoms with E-state index in [2.05, 4.69) is 13.9 Å². The molecule has 2 aliphatic rings. The van der Waals surface area contributed by atoms with E-state index in [9.17, 15) is 13.5 Å². The van der Waals surface area contributed by atoms with Crippen LogP contribution in [0.15, 0.2) is 70.2 Å². The Hall–Kier alpha value is -3.12. The largest absolute Gasteiger partial charge is 0.455 e. The first kappa shape index (κ1) is 23.0. The quantitative estimate of drug-likeness (QED) is 0.305. The van der Waals surface area contributed by atoms with Gasteiger partial charge in [0.1, 0.15) is 17.9 Å². The van der Waals surface area contributed by atoms with Crippen LogP contribution in [0.5, 0.6) is 0 Å². The van der Waals surface area contributed by atoms with E-state index < -0.39 is 10.0 Å². The average molecular weight is 536 g/mol. The highest BCUT2D eigenvalue weighted by Gasteiger charge is 2.34. The lowest BCUT2D eigenvalue weighted by Gasteiger charge is -2.18. The van der Waals surface area contributed by atoms with Gasteiger partial charge in [-0.15, -0.1) is 0 Å². The molecule has 1 aliphatic heterocycles. The number of nitrogens with zero attached hydrogens (tertiary/aromatic N) is 5. The Kier molecular flexibility index (Phi) is 5.43. The summed E-state index contributed by atoms with van der Waals surface area (Å²) in [5.41, 5.74) is 1.88. The third-order valence-electron chi connectivity index (χ3n) is 6.98. The number of aliphatic hydroxyl groups excluding tert-OH is 1. The van der Waals surface area contributed by atoms with Gasteiger partial charge in [-0.3, -0.25) is 0 Å². The summed E-state index contributed by atoms with van der Waals surface area (Å²) in [6, 6.07) is 13.9. The second-order valence-corrected chi connectivity index (χ2v) is 12.7. The van der Waals surface area contributed by atoms with E-state index in [-0.39, 0.29) is 17.5 Å². The molecule has 9 nitrogen and oxygen atoms in total. The lowest BCUT2D eigenvalue weighted by molar-refractivity contribution is 0.248. The molecule has 1 atom stereocenters. The van der Waals surface area contributed by atoms with Crippen molar-refractivity contribution in [1.29, 1.82) is 0 Å². The Morgan fingerprint density at radius 1 is 1.08 bits per heavy atom. The zero-order valence-corrected chi connectivity index (χ0v) is 21.5. The van der Waals surface area contributed by atoms with Crippen molar-refractivity contribution in [2.24, 2.45) is 0 Å². The first-order valence-corrected chi connectivity index (χ1v) is 14.6. The van der Waals surface area contributed by atoms with Gasteiger partial charge in [0.05, 0.1) is 22.7 Å². The molecule has 190 valence electrons. The third kappa shape index (κ3) is 3.88. The molecular weight excluding hydrogens is 510 g/mol. The van der Waals surface area contributed by atoms with Gasteiger partial charge in [0.15, 0.2) is 17.2 Å². The van der Waals surface area contributed by atoms with Gasteiger partial charge in [0, 0.05) is 29.9 Å². The van der Waals surface area contributed by atoms with E-state index >= 15 is 0 Å². The van der Waals surface area contributed by atoms with E-state index in [1.165, 1.54) is 16.8 Å². The summed E-state index contributed by atoms with van der Waals surface area (Å²) < 4.78 is 38.7. The summed E-state index contributed by atoms with van der Waals surface area (Å²) in [4.78, 5) is 9.64. The molecule has 0 radical (unpaired) electrons. The van der Waals surface area contributed by atoms with Gasteiger partial charge >= 0.3 is 0 Å². The molecule has 5 heterocycles. The van der Waals surface area contributed by atoms with Crippen LogP contribution in [-0.2, 0) is 16.6 Å². The van der Waals surface area contributed by atoms with E-state index in [4.69, 9.17) is 9.40 Å². The second kappa shape index (κ2) is 8.73. The van der Waals surface area contributed by atoms with E-state index in [1.807, 2.05) is 18.0 Å². The molecule has 11 heteroatoms. The van der Waals surface area contributed by atoms with Crippen molar-refractivity contribution in [2.75, 3.05) is 13.1 Å². The number of hydrogen-bond acceptors (Lipinski definition) is 8. The van der Waals surface area contributed by atoms with Crippen molar-refractivity contribution >= 4 is 44.0 Å². The summed E-state index contributed by atoms with van der Waals surface area (Å²) in [7, 11) is -3.82. The number of rotatable bonds is 7. The number of aromatic nitrogens is 4. The molecule has 1 saturated carbocycles. The van der Waals surface area contributed by atoms with Gasteiger partial charge in [-0.05, 0) is 49.6 Å². The highest BCUT2D eigenvalue weighted by Crippen LogP contribution is 2.42. The molecule has 0 bridgehead atoms. The molecule has 1 N–H and O–H groups in total. The van der Waals surface area contributed by atoms with Gasteiger partial charge in [0.2, 0.25) is 0 Å². The lowest BCUT2D eigenvalue weighted by atomic mass is 10.2. The third-order valence-corrected chi connectivity index (χ3v) is 10.1. The minimum absolute atomic E-state index is 0.133. The SMILES string of the molecule is O=S(=O)(c1ccccc1)n1ccc2c1ncc1nc(-c3ccc(CO)o3)n(C3CCN(SC4CC4)C3)c12. The summed E-state index contributed by atoms with van der Waals surface area (Å²) in [5, 5.41) is 11.0. The second-order valence-electron chi connectivity index (χ2n) is 9.52. The number of aliphatic hydroxyl groups is 1. The number of pyridine rings is 1. The zero-order chi connectivity index (χ0) is 25.1. The van der Waals surface area contributed by atoms with Gasteiger partial charge in [-0.25, -0.2) is 26.7 Å². The number of imidazole rings is 1. The zero-order valence-electron chi connectivity index (χ0n) is 19.9. The van der Waals surface area contributed by atoms with E-state index in [1.54, 1.807) is 54.9 Å². The normalized spacial score (nSPS) is 18.9. The monoisotopic (exact) mass is 535 g/mol. The summed E-state index contributed by atoms with van der Waals surface area (Å²) in [6.07, 6.45) is 6.69. The van der Waals surface area contributed by atoms with Crippen molar-refractivity contribution in [3.63, 3.8) is 0 Å².